The Bertz CT molecular complexity index is 1520. The van der Waals surface area contributed by atoms with Crippen LogP contribution in [0.1, 0.15) is 44.9 Å². The Balaban J connectivity index is 1.96. The van der Waals surface area contributed by atoms with Crippen molar-refractivity contribution in [3.63, 3.8) is 0 Å². The second-order valence-electron chi connectivity index (χ2n) is 8.43. The van der Waals surface area contributed by atoms with Gasteiger partial charge in [-0.2, -0.15) is 0 Å². The van der Waals surface area contributed by atoms with Gasteiger partial charge in [-0.25, -0.2) is 9.79 Å². The molecular formula is C27H27ClN2O5S. The van der Waals surface area contributed by atoms with Gasteiger partial charge in [-0.3, -0.25) is 9.36 Å². The molecule has 0 aliphatic carbocycles. The van der Waals surface area contributed by atoms with E-state index in [4.69, 9.17) is 25.8 Å². The zero-order chi connectivity index (χ0) is 26.0. The summed E-state index contributed by atoms with van der Waals surface area (Å²) >= 11 is 7.49. The monoisotopic (exact) mass is 526 g/mol. The predicted molar refractivity (Wildman–Crippen MR) is 141 cm³/mol. The summed E-state index contributed by atoms with van der Waals surface area (Å²) in [5, 5.41) is 0.528. The third-order valence-corrected chi connectivity index (χ3v) is 6.77. The number of allylic oxidation sites excluding steroid dienone is 1. The minimum Gasteiger partial charge on any atom is -0.497 e. The Morgan fingerprint density at radius 1 is 1.25 bits per heavy atom. The van der Waals surface area contributed by atoms with Crippen LogP contribution in [0.25, 0.3) is 6.08 Å². The molecule has 0 amide bonds. The Morgan fingerprint density at radius 3 is 2.72 bits per heavy atom. The number of halogens is 1. The lowest BCUT2D eigenvalue weighted by Gasteiger charge is -2.25. The lowest BCUT2D eigenvalue weighted by molar-refractivity contribution is -0.139. The van der Waals surface area contributed by atoms with Crippen molar-refractivity contribution in [2.24, 2.45) is 4.99 Å². The van der Waals surface area contributed by atoms with E-state index in [1.807, 2.05) is 38.1 Å². The van der Waals surface area contributed by atoms with Crippen LogP contribution in [0.3, 0.4) is 0 Å². The Hall–Kier alpha value is -3.36. The van der Waals surface area contributed by atoms with Crippen LogP contribution >= 0.6 is 22.9 Å². The van der Waals surface area contributed by atoms with E-state index < -0.39 is 12.0 Å². The molecule has 2 aromatic carbocycles. The number of hydrogen-bond donors (Lipinski definition) is 0. The van der Waals surface area contributed by atoms with Gasteiger partial charge in [0.1, 0.15) is 11.5 Å². The van der Waals surface area contributed by atoms with Crippen LogP contribution in [0, 0.1) is 0 Å². The molecule has 3 aromatic rings. The smallest absolute Gasteiger partial charge is 0.338 e. The highest BCUT2D eigenvalue weighted by Crippen LogP contribution is 2.32. The quantitative estimate of drug-likeness (QED) is 0.430. The molecular weight excluding hydrogens is 500 g/mol. The Morgan fingerprint density at radius 2 is 2.03 bits per heavy atom. The van der Waals surface area contributed by atoms with Crippen LogP contribution < -0.4 is 24.4 Å². The summed E-state index contributed by atoms with van der Waals surface area (Å²) in [6.45, 7) is 7.56. The average molecular weight is 527 g/mol. The number of carbonyl (C=O) groups excluding carboxylic acids is 1. The summed E-state index contributed by atoms with van der Waals surface area (Å²) in [5.74, 6) is 0.721. The number of ether oxygens (including phenoxy) is 3. The Kier molecular flexibility index (Phi) is 7.66. The van der Waals surface area contributed by atoms with Crippen LogP contribution in [0.5, 0.6) is 11.5 Å². The highest BCUT2D eigenvalue weighted by atomic mass is 35.5. The van der Waals surface area contributed by atoms with E-state index >= 15 is 0 Å². The van der Waals surface area contributed by atoms with Gasteiger partial charge in [0.05, 0.1) is 41.7 Å². The van der Waals surface area contributed by atoms with Crippen LogP contribution in [-0.4, -0.2) is 30.4 Å². The highest BCUT2D eigenvalue weighted by Gasteiger charge is 2.33. The fourth-order valence-corrected chi connectivity index (χ4v) is 5.27. The summed E-state index contributed by atoms with van der Waals surface area (Å²) in [6, 6.07) is 11.9. The molecule has 1 atom stereocenters. The molecule has 1 aromatic heterocycles. The number of aromatic nitrogens is 1. The molecule has 188 valence electrons. The number of carbonyl (C=O) groups is 1. The number of methoxy groups -OCH3 is 1. The van der Waals surface area contributed by atoms with Crippen LogP contribution in [-0.2, 0) is 9.53 Å². The zero-order valence-corrected chi connectivity index (χ0v) is 22.3. The van der Waals surface area contributed by atoms with E-state index in [9.17, 15) is 9.59 Å². The summed E-state index contributed by atoms with van der Waals surface area (Å²) in [5.41, 5.74) is 1.93. The van der Waals surface area contributed by atoms with Gasteiger partial charge >= 0.3 is 5.97 Å². The molecule has 0 radical (unpaired) electrons. The third-order valence-electron chi connectivity index (χ3n) is 5.55. The maximum Gasteiger partial charge on any atom is 0.338 e. The topological polar surface area (TPSA) is 79.1 Å². The molecule has 0 fully saturated rings. The van der Waals surface area contributed by atoms with Crippen molar-refractivity contribution < 1.29 is 19.0 Å². The van der Waals surface area contributed by atoms with Gasteiger partial charge < -0.3 is 14.2 Å². The largest absolute Gasteiger partial charge is 0.497 e. The first kappa shape index (κ1) is 25.7. The summed E-state index contributed by atoms with van der Waals surface area (Å²) < 4.78 is 18.6. The van der Waals surface area contributed by atoms with Gasteiger partial charge in [0.25, 0.3) is 5.56 Å². The molecule has 1 aliphatic heterocycles. The second kappa shape index (κ2) is 10.7. The number of fused-ring (bicyclic) bond motifs is 1. The molecule has 7 nitrogen and oxygen atoms in total. The van der Waals surface area contributed by atoms with Crippen LogP contribution in [0.4, 0.5) is 0 Å². The second-order valence-corrected chi connectivity index (χ2v) is 9.87. The first-order chi connectivity index (χ1) is 17.2. The lowest BCUT2D eigenvalue weighted by atomic mass is 9.95. The molecule has 1 aliphatic rings. The lowest BCUT2D eigenvalue weighted by Crippen LogP contribution is -2.39. The standard InChI is InChI=1S/C27H27ClN2O5S/c1-6-34-26(32)23-16(4)29-27-30(24(23)17-8-7-9-20(13-17)33-5)25(31)22(36-27)14-18-12-19(28)10-11-21(18)35-15(2)3/h7-15,24H,6H2,1-5H3/b22-14+/t24-/m1/s1. The molecule has 4 rings (SSSR count). The van der Waals surface area contributed by atoms with E-state index in [2.05, 4.69) is 4.99 Å². The first-order valence-corrected chi connectivity index (χ1v) is 12.7. The molecule has 2 heterocycles. The first-order valence-electron chi connectivity index (χ1n) is 11.5. The Labute approximate surface area is 217 Å². The third kappa shape index (κ3) is 5.10. The molecule has 0 saturated heterocycles. The predicted octanol–water partition coefficient (Wildman–Crippen LogP) is 4.25. The zero-order valence-electron chi connectivity index (χ0n) is 20.7. The number of esters is 1. The number of thiazole rings is 1. The van der Waals surface area contributed by atoms with Crippen LogP contribution in [0.2, 0.25) is 5.02 Å². The van der Waals surface area contributed by atoms with Gasteiger partial charge in [-0.05, 0) is 69.7 Å². The normalized spacial score (nSPS) is 15.5. The van der Waals surface area contributed by atoms with Crippen molar-refractivity contribution in [2.75, 3.05) is 13.7 Å². The number of nitrogens with zero attached hydrogens (tertiary/aromatic N) is 2. The van der Waals surface area contributed by atoms with Crippen molar-refractivity contribution >= 4 is 35.0 Å². The van der Waals surface area contributed by atoms with E-state index in [1.54, 1.807) is 45.2 Å². The van der Waals surface area contributed by atoms with Crippen molar-refractivity contribution in [2.45, 2.75) is 39.8 Å². The fraction of sp³-hybridized carbons (Fsp3) is 0.296. The van der Waals surface area contributed by atoms with Crippen molar-refractivity contribution in [3.05, 3.63) is 89.6 Å². The number of rotatable bonds is 7. The van der Waals surface area contributed by atoms with Gasteiger partial charge in [-0.1, -0.05) is 35.1 Å². The summed E-state index contributed by atoms with van der Waals surface area (Å²) in [7, 11) is 1.57. The molecule has 0 spiro atoms. The minimum atomic E-state index is -0.719. The molecule has 0 unspecified atom stereocenters. The minimum absolute atomic E-state index is 0.0533. The van der Waals surface area contributed by atoms with Gasteiger partial charge in [0.15, 0.2) is 4.80 Å². The summed E-state index contributed by atoms with van der Waals surface area (Å²) in [4.78, 5) is 31.9. The van der Waals surface area contributed by atoms with Crippen molar-refractivity contribution in [3.8, 4) is 11.5 Å². The van der Waals surface area contributed by atoms with E-state index in [-0.39, 0.29) is 18.3 Å². The van der Waals surface area contributed by atoms with Gasteiger partial charge in [0.2, 0.25) is 0 Å². The van der Waals surface area contributed by atoms with Crippen molar-refractivity contribution in [1.82, 2.24) is 4.57 Å². The SMILES string of the molecule is CCOC(=O)C1=C(C)N=c2s/c(=C/c3cc(Cl)ccc3OC(C)C)c(=O)n2[C@@H]1c1cccc(OC)c1. The van der Waals surface area contributed by atoms with Gasteiger partial charge in [-0.15, -0.1) is 0 Å². The van der Waals surface area contributed by atoms with Gasteiger partial charge in [0, 0.05) is 10.6 Å². The average Bonchev–Trinajstić information content (AvgIpc) is 3.14. The maximum atomic E-state index is 13.8. The van der Waals surface area contributed by atoms with E-state index in [0.29, 0.717) is 48.3 Å². The summed E-state index contributed by atoms with van der Waals surface area (Å²) in [6.07, 6.45) is 1.70. The number of hydrogen-bond acceptors (Lipinski definition) is 7. The van der Waals surface area contributed by atoms with Crippen LogP contribution in [0.15, 0.2) is 63.5 Å². The molecule has 0 saturated carbocycles. The van der Waals surface area contributed by atoms with E-state index in [0.717, 1.165) is 0 Å². The van der Waals surface area contributed by atoms with E-state index in [1.165, 1.54) is 15.9 Å². The highest BCUT2D eigenvalue weighted by molar-refractivity contribution is 7.07. The molecule has 0 N–H and O–H groups in total. The molecule has 36 heavy (non-hydrogen) atoms. The maximum absolute atomic E-state index is 13.8. The molecule has 9 heteroatoms. The molecule has 0 bridgehead atoms. The fourth-order valence-electron chi connectivity index (χ4n) is 4.05. The van der Waals surface area contributed by atoms with Crippen molar-refractivity contribution in [1.29, 1.82) is 0 Å². The number of benzene rings is 2.